The molecular formula is C22H22N2O3S2. The number of thioether (sulfide) groups is 1. The standard InChI is InChI=1S/C22H22N2O3S2/c1-15-8-10-16(11-9-15)13-19-21(26)24(22(28)29-19)12-4-7-20(25)23-17-5-3-6-18(14-17)27-2/h3,5-6,8-11,13-14H,4,7,12H2,1-2H3,(H,23,25)/b19-13+. The molecule has 0 saturated carbocycles. The van der Waals surface area contributed by atoms with Crippen molar-refractivity contribution in [3.63, 3.8) is 0 Å². The number of anilines is 1. The molecule has 1 fully saturated rings. The molecule has 1 aliphatic rings. The molecule has 1 saturated heterocycles. The van der Waals surface area contributed by atoms with E-state index >= 15 is 0 Å². The second-order valence-corrected chi connectivity index (χ2v) is 8.30. The minimum atomic E-state index is -0.112. The summed E-state index contributed by atoms with van der Waals surface area (Å²) in [5.74, 6) is 0.466. The first-order valence-electron chi connectivity index (χ1n) is 9.22. The molecule has 2 amide bonds. The number of carbonyl (C=O) groups excluding carboxylic acids is 2. The third kappa shape index (κ3) is 5.68. The maximum atomic E-state index is 12.7. The summed E-state index contributed by atoms with van der Waals surface area (Å²) in [5.41, 5.74) is 2.82. The van der Waals surface area contributed by atoms with Gasteiger partial charge in [-0.15, -0.1) is 0 Å². The number of hydrogen-bond acceptors (Lipinski definition) is 5. The van der Waals surface area contributed by atoms with Crippen LogP contribution in [0.3, 0.4) is 0 Å². The van der Waals surface area contributed by atoms with Gasteiger partial charge in [-0.25, -0.2) is 0 Å². The SMILES string of the molecule is COc1cccc(NC(=O)CCCN2C(=O)/C(=C\c3ccc(C)cc3)SC2=S)c1. The van der Waals surface area contributed by atoms with E-state index in [4.69, 9.17) is 17.0 Å². The number of aryl methyl sites for hydroxylation is 1. The summed E-state index contributed by atoms with van der Waals surface area (Å²) in [5, 5.41) is 2.84. The van der Waals surface area contributed by atoms with E-state index in [1.807, 2.05) is 49.4 Å². The number of methoxy groups -OCH3 is 1. The Morgan fingerprint density at radius 1 is 1.24 bits per heavy atom. The second kappa shape index (κ2) is 9.71. The Balaban J connectivity index is 1.52. The van der Waals surface area contributed by atoms with E-state index in [0.29, 0.717) is 40.0 Å². The first kappa shape index (κ1) is 21.1. The van der Waals surface area contributed by atoms with Crippen molar-refractivity contribution in [2.24, 2.45) is 0 Å². The fourth-order valence-electron chi connectivity index (χ4n) is 2.83. The summed E-state index contributed by atoms with van der Waals surface area (Å²) in [7, 11) is 1.58. The fourth-order valence-corrected chi connectivity index (χ4v) is 4.14. The van der Waals surface area contributed by atoms with Crippen molar-refractivity contribution in [2.75, 3.05) is 19.0 Å². The third-order valence-corrected chi connectivity index (χ3v) is 5.77. The molecule has 0 bridgehead atoms. The van der Waals surface area contributed by atoms with Gasteiger partial charge < -0.3 is 10.1 Å². The maximum absolute atomic E-state index is 12.7. The fraction of sp³-hybridized carbons (Fsp3) is 0.227. The topological polar surface area (TPSA) is 58.6 Å². The van der Waals surface area contributed by atoms with Gasteiger partial charge in [0.2, 0.25) is 5.91 Å². The highest BCUT2D eigenvalue weighted by Crippen LogP contribution is 2.32. The molecule has 3 rings (SSSR count). The van der Waals surface area contributed by atoms with Gasteiger partial charge >= 0.3 is 0 Å². The molecule has 0 spiro atoms. The highest BCUT2D eigenvalue weighted by Gasteiger charge is 2.31. The molecule has 150 valence electrons. The van der Waals surface area contributed by atoms with Crippen molar-refractivity contribution < 1.29 is 14.3 Å². The Kier molecular flexibility index (Phi) is 7.06. The van der Waals surface area contributed by atoms with Gasteiger partial charge in [-0.2, -0.15) is 0 Å². The van der Waals surface area contributed by atoms with Crippen LogP contribution in [-0.2, 0) is 9.59 Å². The molecule has 0 unspecified atom stereocenters. The quantitative estimate of drug-likeness (QED) is 0.517. The summed E-state index contributed by atoms with van der Waals surface area (Å²) < 4.78 is 5.68. The zero-order valence-corrected chi connectivity index (χ0v) is 17.9. The van der Waals surface area contributed by atoms with Crippen LogP contribution in [0.15, 0.2) is 53.4 Å². The van der Waals surface area contributed by atoms with E-state index in [2.05, 4.69) is 5.32 Å². The number of amides is 2. The first-order valence-corrected chi connectivity index (χ1v) is 10.4. The average molecular weight is 427 g/mol. The monoisotopic (exact) mass is 426 g/mol. The largest absolute Gasteiger partial charge is 0.497 e. The Bertz CT molecular complexity index is 955. The van der Waals surface area contributed by atoms with Crippen molar-refractivity contribution >= 4 is 51.9 Å². The zero-order valence-electron chi connectivity index (χ0n) is 16.3. The molecule has 7 heteroatoms. The number of nitrogens with one attached hydrogen (secondary N) is 1. The average Bonchev–Trinajstić information content (AvgIpc) is 2.97. The van der Waals surface area contributed by atoms with E-state index < -0.39 is 0 Å². The van der Waals surface area contributed by atoms with Gasteiger partial charge in [0.15, 0.2) is 0 Å². The summed E-state index contributed by atoms with van der Waals surface area (Å²) >= 11 is 6.66. The van der Waals surface area contributed by atoms with Gasteiger partial charge in [0, 0.05) is 24.7 Å². The summed E-state index contributed by atoms with van der Waals surface area (Å²) in [6, 6.07) is 15.2. The molecule has 0 aliphatic carbocycles. The van der Waals surface area contributed by atoms with Crippen LogP contribution in [0.25, 0.3) is 6.08 Å². The predicted molar refractivity (Wildman–Crippen MR) is 122 cm³/mol. The number of benzene rings is 2. The van der Waals surface area contributed by atoms with E-state index in [1.54, 1.807) is 24.1 Å². The lowest BCUT2D eigenvalue weighted by Crippen LogP contribution is -2.29. The number of ether oxygens (including phenoxy) is 1. The lowest BCUT2D eigenvalue weighted by Gasteiger charge is -2.14. The van der Waals surface area contributed by atoms with Crippen LogP contribution in [0, 0.1) is 6.92 Å². The van der Waals surface area contributed by atoms with Crippen LogP contribution in [-0.4, -0.2) is 34.7 Å². The van der Waals surface area contributed by atoms with Gasteiger partial charge in [0.05, 0.1) is 12.0 Å². The summed E-state index contributed by atoms with van der Waals surface area (Å²) in [6.45, 7) is 2.44. The Morgan fingerprint density at radius 3 is 2.72 bits per heavy atom. The second-order valence-electron chi connectivity index (χ2n) is 6.63. The van der Waals surface area contributed by atoms with Crippen LogP contribution in [0.5, 0.6) is 5.75 Å². The van der Waals surface area contributed by atoms with Gasteiger partial charge in [0.1, 0.15) is 10.1 Å². The van der Waals surface area contributed by atoms with Crippen LogP contribution in [0.2, 0.25) is 0 Å². The molecule has 0 atom stereocenters. The van der Waals surface area contributed by atoms with Crippen molar-refractivity contribution in [1.82, 2.24) is 4.90 Å². The highest BCUT2D eigenvalue weighted by atomic mass is 32.2. The Labute approximate surface area is 180 Å². The van der Waals surface area contributed by atoms with Crippen molar-refractivity contribution in [2.45, 2.75) is 19.8 Å². The summed E-state index contributed by atoms with van der Waals surface area (Å²) in [6.07, 6.45) is 2.68. The van der Waals surface area contributed by atoms with E-state index in [9.17, 15) is 9.59 Å². The van der Waals surface area contributed by atoms with Gasteiger partial charge in [-0.3, -0.25) is 14.5 Å². The van der Waals surface area contributed by atoms with E-state index in [0.717, 1.165) is 5.56 Å². The lowest BCUT2D eigenvalue weighted by molar-refractivity contribution is -0.122. The van der Waals surface area contributed by atoms with Gasteiger partial charge in [0.25, 0.3) is 5.91 Å². The number of thiocarbonyl (C=S) groups is 1. The Hall–Kier alpha value is -2.64. The molecule has 5 nitrogen and oxygen atoms in total. The first-order chi connectivity index (χ1) is 14.0. The third-order valence-electron chi connectivity index (χ3n) is 4.39. The molecule has 29 heavy (non-hydrogen) atoms. The smallest absolute Gasteiger partial charge is 0.266 e. The van der Waals surface area contributed by atoms with Crippen LogP contribution >= 0.6 is 24.0 Å². The molecular weight excluding hydrogens is 404 g/mol. The lowest BCUT2D eigenvalue weighted by atomic mass is 10.1. The highest BCUT2D eigenvalue weighted by molar-refractivity contribution is 8.26. The molecule has 1 heterocycles. The molecule has 2 aromatic carbocycles. The number of hydrogen-bond donors (Lipinski definition) is 1. The maximum Gasteiger partial charge on any atom is 0.266 e. The number of nitrogens with zero attached hydrogens (tertiary/aromatic N) is 1. The number of carbonyl (C=O) groups is 2. The van der Waals surface area contributed by atoms with Crippen LogP contribution < -0.4 is 10.1 Å². The van der Waals surface area contributed by atoms with Crippen molar-refractivity contribution in [3.8, 4) is 5.75 Å². The van der Waals surface area contributed by atoms with Gasteiger partial charge in [-0.1, -0.05) is 59.9 Å². The van der Waals surface area contributed by atoms with E-state index in [1.165, 1.54) is 17.3 Å². The minimum Gasteiger partial charge on any atom is -0.497 e. The van der Waals surface area contributed by atoms with E-state index in [-0.39, 0.29) is 11.8 Å². The zero-order chi connectivity index (χ0) is 20.8. The molecule has 0 aromatic heterocycles. The normalized spacial score (nSPS) is 15.1. The van der Waals surface area contributed by atoms with Gasteiger partial charge in [-0.05, 0) is 37.1 Å². The Morgan fingerprint density at radius 2 is 2.00 bits per heavy atom. The molecule has 1 N–H and O–H groups in total. The van der Waals surface area contributed by atoms with Crippen molar-refractivity contribution in [3.05, 3.63) is 64.6 Å². The minimum absolute atomic E-state index is 0.103. The summed E-state index contributed by atoms with van der Waals surface area (Å²) in [4.78, 5) is 27.0. The molecule has 1 aliphatic heterocycles. The number of rotatable bonds is 7. The molecule has 0 radical (unpaired) electrons. The molecule has 2 aromatic rings. The van der Waals surface area contributed by atoms with Crippen LogP contribution in [0.4, 0.5) is 5.69 Å². The van der Waals surface area contributed by atoms with Crippen molar-refractivity contribution in [1.29, 1.82) is 0 Å². The van der Waals surface area contributed by atoms with Crippen LogP contribution in [0.1, 0.15) is 24.0 Å². The predicted octanol–water partition coefficient (Wildman–Crippen LogP) is 4.62.